The van der Waals surface area contributed by atoms with Crippen LogP contribution in [0.25, 0.3) is 0 Å². The van der Waals surface area contributed by atoms with Gasteiger partial charge in [-0.25, -0.2) is 9.59 Å². The molecule has 8 nitrogen and oxygen atoms in total. The molecule has 0 heterocycles. The molecule has 2 unspecified atom stereocenters. The summed E-state index contributed by atoms with van der Waals surface area (Å²) in [5.41, 5.74) is -1.33. The summed E-state index contributed by atoms with van der Waals surface area (Å²) in [6.45, 7) is 19.0. The fourth-order valence-corrected chi connectivity index (χ4v) is 5.54. The van der Waals surface area contributed by atoms with E-state index in [2.05, 4.69) is 48.3 Å². The lowest BCUT2D eigenvalue weighted by molar-refractivity contribution is 0.0545. The zero-order valence-electron chi connectivity index (χ0n) is 28.2. The average molecular weight is 601 g/mol. The van der Waals surface area contributed by atoms with Crippen LogP contribution in [0.15, 0.2) is 4.99 Å². The minimum Gasteiger partial charge on any atom is -0.444 e. The Morgan fingerprint density at radius 2 is 1.27 bits per heavy atom. The van der Waals surface area contributed by atoms with E-state index in [0.717, 1.165) is 18.7 Å². The molecule has 2 N–H and O–H groups in total. The molecule has 0 fully saturated rings. The molecule has 2 amide bonds. The van der Waals surface area contributed by atoms with Gasteiger partial charge in [0.2, 0.25) is 5.96 Å². The number of nitrogens with one attached hydrogen (secondary N) is 2. The van der Waals surface area contributed by atoms with Gasteiger partial charge in [0.05, 0.1) is 11.9 Å². The molecule has 0 aromatic carbocycles. The van der Waals surface area contributed by atoms with E-state index in [1.165, 1.54) is 70.6 Å². The second-order valence-corrected chi connectivity index (χ2v) is 14.5. The monoisotopic (exact) mass is 600 g/mol. The van der Waals surface area contributed by atoms with Crippen LogP contribution in [0.1, 0.15) is 139 Å². The number of guanidine groups is 1. The zero-order chi connectivity index (χ0) is 31.3. The number of amides is 2. The first-order valence-electron chi connectivity index (χ1n) is 16.0. The number of hydrogen-bond acceptors (Lipinski definition) is 7. The Morgan fingerprint density at radius 3 is 1.71 bits per heavy atom. The van der Waals surface area contributed by atoms with Crippen molar-refractivity contribution >= 4 is 29.9 Å². The highest BCUT2D eigenvalue weighted by Crippen LogP contribution is 2.21. The van der Waals surface area contributed by atoms with E-state index in [1.54, 1.807) is 41.5 Å². The van der Waals surface area contributed by atoms with E-state index in [-0.39, 0.29) is 5.96 Å². The predicted octanol–water partition coefficient (Wildman–Crippen LogP) is 8.74. The van der Waals surface area contributed by atoms with Crippen molar-refractivity contribution in [3.05, 3.63) is 0 Å². The van der Waals surface area contributed by atoms with Crippen LogP contribution >= 0.6 is 11.8 Å². The van der Waals surface area contributed by atoms with Gasteiger partial charge in [-0.05, 0) is 67.3 Å². The predicted molar refractivity (Wildman–Crippen MR) is 176 cm³/mol. The first-order chi connectivity index (χ1) is 19.2. The van der Waals surface area contributed by atoms with E-state index < -0.39 is 23.4 Å². The molecule has 0 radical (unpaired) electrons. The van der Waals surface area contributed by atoms with Gasteiger partial charge in [0.15, 0.2) is 0 Å². The number of rotatable bonds is 19. The summed E-state index contributed by atoms with van der Waals surface area (Å²) >= 11 is 1.85. The van der Waals surface area contributed by atoms with Crippen molar-refractivity contribution in [3.8, 4) is 0 Å². The molecule has 0 aromatic rings. The molecule has 0 aromatic heterocycles. The standard InChI is InChI=1S/C32H64N4O4S/c1-11-13-14-15-16-17-18-19-20-21-22-26(3)25-36(10)27(12-2)41-24-23-33-28(34-29(37)39-31(4,5)6)35-30(38)40-32(7,8)9/h26-27H,11-25H2,1-10H3,(H2,33,34,35,37,38). The molecule has 2 atom stereocenters. The van der Waals surface area contributed by atoms with Gasteiger partial charge >= 0.3 is 12.2 Å². The molecule has 242 valence electrons. The molecule has 9 heteroatoms. The average Bonchev–Trinajstić information content (AvgIpc) is 2.82. The molecule has 0 rings (SSSR count). The second-order valence-electron chi connectivity index (χ2n) is 13.2. The maximum absolute atomic E-state index is 12.3. The molecule has 0 saturated heterocycles. The lowest BCUT2D eigenvalue weighted by atomic mass is 10.0. The topological polar surface area (TPSA) is 92.3 Å². The maximum Gasteiger partial charge on any atom is 0.414 e. The van der Waals surface area contributed by atoms with Crippen molar-refractivity contribution in [2.75, 3.05) is 25.9 Å². The SMILES string of the molecule is CCCCCCCCCCCCC(C)CN(C)C(CC)SCCN=C(NC(=O)OC(C)(C)C)NC(=O)OC(C)(C)C. The third-order valence-corrected chi connectivity index (χ3v) is 7.90. The number of ether oxygens (including phenoxy) is 2. The van der Waals surface area contributed by atoms with Gasteiger partial charge in [0.25, 0.3) is 0 Å². The number of unbranched alkanes of at least 4 members (excludes halogenated alkanes) is 9. The number of carbonyl (C=O) groups is 2. The van der Waals surface area contributed by atoms with Crippen LogP contribution in [0.4, 0.5) is 9.59 Å². The molecule has 0 bridgehead atoms. The van der Waals surface area contributed by atoms with E-state index in [4.69, 9.17) is 9.47 Å². The smallest absolute Gasteiger partial charge is 0.414 e. The number of carbonyl (C=O) groups excluding carboxylic acids is 2. The van der Waals surface area contributed by atoms with Gasteiger partial charge in [-0.15, -0.1) is 11.8 Å². The summed E-state index contributed by atoms with van der Waals surface area (Å²) in [5.74, 6) is 1.45. The molecule has 41 heavy (non-hydrogen) atoms. The number of aliphatic imine (C=N–C) groups is 1. The fourth-order valence-electron chi connectivity index (χ4n) is 4.49. The fraction of sp³-hybridized carbons (Fsp3) is 0.906. The Balaban J connectivity index is 4.57. The molecule has 0 aliphatic rings. The van der Waals surface area contributed by atoms with Crippen molar-refractivity contribution in [1.29, 1.82) is 0 Å². The second kappa shape index (κ2) is 22.1. The highest BCUT2D eigenvalue weighted by atomic mass is 32.2. The van der Waals surface area contributed by atoms with Gasteiger partial charge in [-0.3, -0.25) is 20.5 Å². The quantitative estimate of drug-likeness (QED) is 0.0666. The van der Waals surface area contributed by atoms with Crippen LogP contribution in [0, 0.1) is 5.92 Å². The first-order valence-corrected chi connectivity index (χ1v) is 17.1. The van der Waals surface area contributed by atoms with Crippen LogP contribution in [-0.2, 0) is 9.47 Å². The van der Waals surface area contributed by atoms with E-state index in [9.17, 15) is 9.59 Å². The molecule has 0 aliphatic heterocycles. The van der Waals surface area contributed by atoms with Crippen molar-refractivity contribution < 1.29 is 19.1 Å². The Morgan fingerprint density at radius 1 is 0.805 bits per heavy atom. The van der Waals surface area contributed by atoms with Crippen molar-refractivity contribution in [1.82, 2.24) is 15.5 Å². The molecular formula is C32H64N4O4S. The zero-order valence-corrected chi connectivity index (χ0v) is 29.0. The third kappa shape index (κ3) is 24.8. The summed E-state index contributed by atoms with van der Waals surface area (Å²) in [4.78, 5) is 31.4. The summed E-state index contributed by atoms with van der Waals surface area (Å²) in [6, 6.07) is 0. The highest BCUT2D eigenvalue weighted by molar-refractivity contribution is 7.99. The number of hydrogen-bond donors (Lipinski definition) is 2. The summed E-state index contributed by atoms with van der Waals surface area (Å²) in [7, 11) is 2.21. The summed E-state index contributed by atoms with van der Waals surface area (Å²) < 4.78 is 10.6. The van der Waals surface area contributed by atoms with E-state index in [1.807, 2.05) is 11.8 Å². The first kappa shape index (κ1) is 39.5. The van der Waals surface area contributed by atoms with Gasteiger partial charge < -0.3 is 9.47 Å². The lowest BCUT2D eigenvalue weighted by Crippen LogP contribution is -2.47. The lowest BCUT2D eigenvalue weighted by Gasteiger charge is -2.29. The van der Waals surface area contributed by atoms with Crippen molar-refractivity contribution in [2.45, 2.75) is 156 Å². The van der Waals surface area contributed by atoms with Crippen LogP contribution in [0.5, 0.6) is 0 Å². The largest absolute Gasteiger partial charge is 0.444 e. The van der Waals surface area contributed by atoms with Crippen LogP contribution in [-0.4, -0.2) is 65.5 Å². The summed E-state index contributed by atoms with van der Waals surface area (Å²) in [5, 5.41) is 5.48. The van der Waals surface area contributed by atoms with Gasteiger partial charge in [-0.2, -0.15) is 0 Å². The third-order valence-electron chi connectivity index (χ3n) is 6.40. The number of alkyl carbamates (subject to hydrolysis) is 2. The Kier molecular flexibility index (Phi) is 21.3. The van der Waals surface area contributed by atoms with Crippen LogP contribution < -0.4 is 10.6 Å². The number of thioether (sulfide) groups is 1. The van der Waals surface area contributed by atoms with E-state index >= 15 is 0 Å². The minimum absolute atomic E-state index is 0.0284. The van der Waals surface area contributed by atoms with Crippen LogP contribution in [0.3, 0.4) is 0 Å². The van der Waals surface area contributed by atoms with Crippen molar-refractivity contribution in [2.24, 2.45) is 10.9 Å². The molecule has 0 aliphatic carbocycles. The number of nitrogens with zero attached hydrogens (tertiary/aromatic N) is 2. The molecule has 0 spiro atoms. The Hall–Kier alpha value is -1.48. The van der Waals surface area contributed by atoms with Crippen LogP contribution in [0.2, 0.25) is 0 Å². The highest BCUT2D eigenvalue weighted by Gasteiger charge is 2.21. The minimum atomic E-state index is -0.678. The van der Waals surface area contributed by atoms with Gasteiger partial charge in [0.1, 0.15) is 11.2 Å². The molecular weight excluding hydrogens is 536 g/mol. The molecule has 0 saturated carbocycles. The summed E-state index contributed by atoms with van der Waals surface area (Å²) in [6.07, 6.45) is 14.7. The Labute approximate surface area is 256 Å². The maximum atomic E-state index is 12.3. The normalized spacial score (nSPS) is 13.4. The van der Waals surface area contributed by atoms with Gasteiger partial charge in [0, 0.05) is 12.3 Å². The van der Waals surface area contributed by atoms with Crippen molar-refractivity contribution in [3.63, 3.8) is 0 Å². The Bertz CT molecular complexity index is 702. The van der Waals surface area contributed by atoms with E-state index in [0.29, 0.717) is 17.8 Å². The van der Waals surface area contributed by atoms with Gasteiger partial charge in [-0.1, -0.05) is 85.0 Å².